The van der Waals surface area contributed by atoms with Crippen molar-refractivity contribution in [2.75, 3.05) is 24.5 Å². The highest BCUT2D eigenvalue weighted by Crippen LogP contribution is 2.24. The highest BCUT2D eigenvalue weighted by Gasteiger charge is 2.39. The van der Waals surface area contributed by atoms with Gasteiger partial charge >= 0.3 is 6.09 Å². The van der Waals surface area contributed by atoms with Crippen LogP contribution in [-0.4, -0.2) is 73.5 Å². The van der Waals surface area contributed by atoms with Crippen molar-refractivity contribution in [3.8, 4) is 0 Å². The Bertz CT molecular complexity index is 1580. The molecule has 0 radical (unpaired) electrons. The number of anilines is 1. The second-order valence-corrected chi connectivity index (χ2v) is 13.4. The molecule has 2 amide bonds. The Morgan fingerprint density at radius 1 is 1.02 bits per heavy atom. The molecule has 1 saturated heterocycles. The van der Waals surface area contributed by atoms with Gasteiger partial charge < -0.3 is 15.2 Å². The fraction of sp³-hybridized carbons (Fsp3) is 0.364. The van der Waals surface area contributed by atoms with E-state index in [1.807, 2.05) is 57.2 Å². The molecule has 0 unspecified atom stereocenters. The summed E-state index contributed by atoms with van der Waals surface area (Å²) in [5.74, 6) is -0.755. The van der Waals surface area contributed by atoms with Gasteiger partial charge in [0.15, 0.2) is 11.9 Å². The monoisotopic (exact) mass is 621 g/mol. The van der Waals surface area contributed by atoms with Crippen molar-refractivity contribution in [3.63, 3.8) is 0 Å². The third-order valence-electron chi connectivity index (χ3n) is 7.37. The molecule has 3 aromatic rings. The van der Waals surface area contributed by atoms with Crippen molar-refractivity contribution in [3.05, 3.63) is 95.6 Å². The van der Waals surface area contributed by atoms with Gasteiger partial charge in [-0.25, -0.2) is 13.2 Å². The minimum absolute atomic E-state index is 0.0302. The number of nitrogens with zero attached hydrogens (tertiary/aromatic N) is 2. The van der Waals surface area contributed by atoms with Crippen molar-refractivity contribution >= 4 is 33.5 Å². The maximum Gasteiger partial charge on any atom is 0.415 e. The predicted octanol–water partition coefficient (Wildman–Crippen LogP) is 3.96. The van der Waals surface area contributed by atoms with E-state index in [9.17, 15) is 27.9 Å². The molecule has 0 aliphatic carbocycles. The fourth-order valence-electron chi connectivity index (χ4n) is 5.05. The highest BCUT2D eigenvalue weighted by atomic mass is 32.2. The van der Waals surface area contributed by atoms with Crippen LogP contribution in [0.3, 0.4) is 0 Å². The molecule has 2 N–H and O–H groups in total. The summed E-state index contributed by atoms with van der Waals surface area (Å²) < 4.78 is 34.0. The van der Waals surface area contributed by atoms with Crippen LogP contribution in [0, 0.1) is 12.8 Å². The lowest BCUT2D eigenvalue weighted by molar-refractivity contribution is -0.129. The molecule has 4 rings (SSSR count). The van der Waals surface area contributed by atoms with Crippen LogP contribution in [0.1, 0.15) is 42.3 Å². The highest BCUT2D eigenvalue weighted by molar-refractivity contribution is 7.89. The van der Waals surface area contributed by atoms with Crippen molar-refractivity contribution in [2.24, 2.45) is 5.92 Å². The van der Waals surface area contributed by atoms with Gasteiger partial charge in [-0.2, -0.15) is 4.31 Å². The average Bonchev–Trinajstić information content (AvgIpc) is 3.38. The summed E-state index contributed by atoms with van der Waals surface area (Å²) in [5.41, 5.74) is 2.58. The van der Waals surface area contributed by atoms with Crippen LogP contribution in [0.2, 0.25) is 0 Å². The Morgan fingerprint density at radius 3 is 2.32 bits per heavy atom. The molecule has 0 aromatic heterocycles. The van der Waals surface area contributed by atoms with Gasteiger partial charge in [0.1, 0.15) is 0 Å². The number of ether oxygens (including phenoxy) is 1. The van der Waals surface area contributed by atoms with Crippen molar-refractivity contribution in [1.82, 2.24) is 9.62 Å². The van der Waals surface area contributed by atoms with Crippen molar-refractivity contribution in [1.29, 1.82) is 0 Å². The van der Waals surface area contributed by atoms with Gasteiger partial charge in [0.05, 0.1) is 23.6 Å². The van der Waals surface area contributed by atoms with E-state index >= 15 is 0 Å². The second kappa shape index (κ2) is 14.1. The number of aliphatic hydroxyl groups excluding tert-OH is 1. The standard InChI is InChI=1S/C33H39N3O7S/c1-22(2)19-35(44(41,42)28-12-8-9-23(3)17-28)20-30(38)29(18-25-10-6-5-7-11-25)34-32(39)31-21-36(33(40)43-31)27-15-13-26(14-16-27)24(4)37/h5-17,22,29-31,38H,18-21H2,1-4H3,(H,34,39)/t29-,30+,31-/m0/s1. The van der Waals surface area contributed by atoms with Crippen LogP contribution >= 0.6 is 0 Å². The number of cyclic esters (lactones) is 1. The van der Waals surface area contributed by atoms with Gasteiger partial charge in [0, 0.05) is 24.3 Å². The Balaban J connectivity index is 1.54. The van der Waals surface area contributed by atoms with Crippen LogP contribution in [0.15, 0.2) is 83.8 Å². The van der Waals surface area contributed by atoms with E-state index in [1.54, 1.807) is 36.4 Å². The smallest absolute Gasteiger partial charge is 0.415 e. The summed E-state index contributed by atoms with van der Waals surface area (Å²) in [6.07, 6.45) is -2.95. The first-order valence-corrected chi connectivity index (χ1v) is 16.0. The van der Waals surface area contributed by atoms with Crippen LogP contribution in [0.25, 0.3) is 0 Å². The number of ketones is 1. The quantitative estimate of drug-likeness (QED) is 0.276. The first kappa shape index (κ1) is 32.8. The maximum absolute atomic E-state index is 13.7. The van der Waals surface area contributed by atoms with E-state index in [4.69, 9.17) is 4.74 Å². The molecule has 234 valence electrons. The third-order valence-corrected chi connectivity index (χ3v) is 9.19. The normalized spacial score (nSPS) is 16.6. The van der Waals surface area contributed by atoms with Gasteiger partial charge in [0.2, 0.25) is 10.0 Å². The number of aliphatic hydroxyl groups is 1. The zero-order valence-corrected chi connectivity index (χ0v) is 26.2. The lowest BCUT2D eigenvalue weighted by atomic mass is 10.0. The number of sulfonamides is 1. The van der Waals surface area contributed by atoms with E-state index in [2.05, 4.69) is 5.32 Å². The average molecular weight is 622 g/mol. The Hall–Kier alpha value is -4.06. The number of Topliss-reactive ketones (excluding diaryl/α,β-unsaturated/α-hetero) is 1. The molecule has 1 fully saturated rings. The van der Waals surface area contributed by atoms with Gasteiger partial charge in [-0.15, -0.1) is 0 Å². The van der Waals surface area contributed by atoms with Crippen LogP contribution < -0.4 is 10.2 Å². The summed E-state index contributed by atoms with van der Waals surface area (Å²) >= 11 is 0. The van der Waals surface area contributed by atoms with Crippen LogP contribution in [0.5, 0.6) is 0 Å². The number of amides is 2. The predicted molar refractivity (Wildman–Crippen MR) is 167 cm³/mol. The number of carbonyl (C=O) groups excluding carboxylic acids is 3. The molecule has 1 aliphatic heterocycles. The molecule has 1 aliphatic rings. The molecule has 0 spiro atoms. The molecule has 0 saturated carbocycles. The van der Waals surface area contributed by atoms with Gasteiger partial charge in [0.25, 0.3) is 5.91 Å². The van der Waals surface area contributed by atoms with Crippen molar-refractivity contribution < 1.29 is 32.6 Å². The summed E-state index contributed by atoms with van der Waals surface area (Å²) in [4.78, 5) is 39.1. The van der Waals surface area contributed by atoms with Gasteiger partial charge in [-0.1, -0.05) is 56.3 Å². The Kier molecular flexibility index (Phi) is 10.6. The number of benzene rings is 3. The lowest BCUT2D eigenvalue weighted by Crippen LogP contribution is -2.53. The molecule has 1 heterocycles. The first-order chi connectivity index (χ1) is 20.8. The molecule has 3 atom stereocenters. The zero-order valence-electron chi connectivity index (χ0n) is 25.3. The third kappa shape index (κ3) is 8.10. The number of hydrogen-bond donors (Lipinski definition) is 2. The molecule has 0 bridgehead atoms. The van der Waals surface area contributed by atoms with Gasteiger partial charge in [-0.05, 0) is 73.7 Å². The number of aryl methyl sites for hydroxylation is 1. The number of hydrogen-bond acceptors (Lipinski definition) is 7. The van der Waals surface area contributed by atoms with Crippen LogP contribution in [-0.2, 0) is 26.0 Å². The summed E-state index contributed by atoms with van der Waals surface area (Å²) in [6.45, 7) is 6.87. The fourth-order valence-corrected chi connectivity index (χ4v) is 6.78. The molecule has 11 heteroatoms. The molecule has 3 aromatic carbocycles. The SMILES string of the molecule is CC(=O)c1ccc(N2C[C@@H](C(=O)N[C@@H](Cc3ccccc3)[C@H](O)CN(CC(C)C)S(=O)(=O)c3cccc(C)c3)OC2=O)cc1. The number of rotatable bonds is 13. The minimum Gasteiger partial charge on any atom is -0.434 e. The summed E-state index contributed by atoms with van der Waals surface area (Å²) in [5, 5.41) is 14.3. The minimum atomic E-state index is -3.95. The topological polar surface area (TPSA) is 133 Å². The van der Waals surface area contributed by atoms with E-state index in [1.165, 1.54) is 22.2 Å². The first-order valence-electron chi connectivity index (χ1n) is 14.5. The lowest BCUT2D eigenvalue weighted by Gasteiger charge is -2.31. The number of nitrogens with one attached hydrogen (secondary N) is 1. The Labute approximate surface area is 258 Å². The molecular weight excluding hydrogens is 582 g/mol. The van der Waals surface area contributed by atoms with E-state index in [-0.39, 0.29) is 42.7 Å². The maximum atomic E-state index is 13.7. The van der Waals surface area contributed by atoms with E-state index in [0.29, 0.717) is 11.3 Å². The van der Waals surface area contributed by atoms with E-state index in [0.717, 1.165) is 11.1 Å². The largest absolute Gasteiger partial charge is 0.434 e. The van der Waals surface area contributed by atoms with Gasteiger partial charge in [-0.3, -0.25) is 14.5 Å². The summed E-state index contributed by atoms with van der Waals surface area (Å²) in [7, 11) is -3.95. The molecule has 10 nitrogen and oxygen atoms in total. The summed E-state index contributed by atoms with van der Waals surface area (Å²) in [6, 6.07) is 21.3. The van der Waals surface area contributed by atoms with Crippen LogP contribution in [0.4, 0.5) is 10.5 Å². The number of carbonyl (C=O) groups is 3. The molecule has 44 heavy (non-hydrogen) atoms. The molecular formula is C33H39N3O7S. The van der Waals surface area contributed by atoms with Crippen molar-refractivity contribution in [2.45, 2.75) is 57.3 Å². The Morgan fingerprint density at radius 2 is 1.70 bits per heavy atom. The second-order valence-electron chi connectivity index (χ2n) is 11.5. The van der Waals surface area contributed by atoms with E-state index < -0.39 is 40.3 Å². The zero-order chi connectivity index (χ0) is 32.0.